The van der Waals surface area contributed by atoms with Gasteiger partial charge in [0.25, 0.3) is 5.91 Å². The number of carbonyl (C=O) groups excluding carboxylic acids is 1. The smallest absolute Gasteiger partial charge is 0.275 e. The molecule has 1 aliphatic heterocycles. The van der Waals surface area contributed by atoms with Crippen molar-refractivity contribution in [2.45, 2.75) is 26.1 Å². The molecule has 140 valence electrons. The zero-order valence-corrected chi connectivity index (χ0v) is 16.0. The molecule has 1 amide bonds. The molecule has 1 aromatic carbocycles. The first-order chi connectivity index (χ1) is 13.0. The van der Waals surface area contributed by atoms with E-state index in [2.05, 4.69) is 29.0 Å². The molecule has 1 fully saturated rings. The quantitative estimate of drug-likeness (QED) is 0.745. The van der Waals surface area contributed by atoms with Crippen molar-refractivity contribution < 1.29 is 9.53 Å². The number of rotatable bonds is 3. The van der Waals surface area contributed by atoms with Crippen LogP contribution in [-0.4, -0.2) is 40.6 Å². The van der Waals surface area contributed by atoms with Crippen LogP contribution in [0, 0.1) is 0 Å². The van der Waals surface area contributed by atoms with Crippen molar-refractivity contribution in [3.8, 4) is 0 Å². The molecule has 0 bridgehead atoms. The van der Waals surface area contributed by atoms with Gasteiger partial charge in [-0.15, -0.1) is 0 Å². The lowest BCUT2D eigenvalue weighted by molar-refractivity contribution is -0.00517. The van der Waals surface area contributed by atoms with Crippen LogP contribution >= 0.6 is 11.6 Å². The van der Waals surface area contributed by atoms with Crippen LogP contribution < -0.4 is 10.2 Å². The van der Waals surface area contributed by atoms with Gasteiger partial charge in [0, 0.05) is 19.3 Å². The Morgan fingerprint density at radius 2 is 1.85 bits per heavy atom. The second kappa shape index (κ2) is 7.21. The SMILES string of the molecule is CC1CN(c2ccccc2NC(=O)c2c(Cl)nc3ccccn23)CC(C)O1. The van der Waals surface area contributed by atoms with Gasteiger partial charge in [-0.1, -0.05) is 29.8 Å². The molecule has 2 aromatic heterocycles. The molecule has 6 nitrogen and oxygen atoms in total. The Morgan fingerprint density at radius 3 is 2.63 bits per heavy atom. The summed E-state index contributed by atoms with van der Waals surface area (Å²) in [6, 6.07) is 13.3. The fourth-order valence-corrected chi connectivity index (χ4v) is 3.84. The van der Waals surface area contributed by atoms with Crippen LogP contribution in [0.3, 0.4) is 0 Å². The van der Waals surface area contributed by atoms with Crippen LogP contribution in [0.1, 0.15) is 24.3 Å². The Bertz CT molecular complexity index is 977. The summed E-state index contributed by atoms with van der Waals surface area (Å²) in [5, 5.41) is 3.19. The number of aromatic nitrogens is 2. The number of pyridine rings is 1. The summed E-state index contributed by atoms with van der Waals surface area (Å²) >= 11 is 6.24. The predicted molar refractivity (Wildman–Crippen MR) is 107 cm³/mol. The van der Waals surface area contributed by atoms with Gasteiger partial charge in [-0.25, -0.2) is 4.98 Å². The Morgan fingerprint density at radius 1 is 1.15 bits per heavy atom. The maximum atomic E-state index is 13.0. The molecule has 1 aliphatic rings. The minimum Gasteiger partial charge on any atom is -0.372 e. The number of fused-ring (bicyclic) bond motifs is 1. The standard InChI is InChI=1S/C20H21ClN4O2/c1-13-11-24(12-14(2)27-13)16-8-4-3-7-15(16)22-20(26)18-19(21)23-17-9-5-6-10-25(17)18/h3-10,13-14H,11-12H2,1-2H3,(H,22,26). The number of ether oxygens (including phenoxy) is 1. The van der Waals surface area contributed by atoms with Gasteiger partial charge in [0.15, 0.2) is 10.8 Å². The number of nitrogens with zero attached hydrogens (tertiary/aromatic N) is 3. The Balaban J connectivity index is 1.65. The number of anilines is 2. The highest BCUT2D eigenvalue weighted by Crippen LogP contribution is 2.29. The third-order valence-corrected chi connectivity index (χ3v) is 4.88. The number of benzene rings is 1. The van der Waals surface area contributed by atoms with Crippen molar-refractivity contribution in [1.82, 2.24) is 9.38 Å². The van der Waals surface area contributed by atoms with E-state index < -0.39 is 0 Å². The summed E-state index contributed by atoms with van der Waals surface area (Å²) in [7, 11) is 0. The number of morpholine rings is 1. The summed E-state index contributed by atoms with van der Waals surface area (Å²) in [6.07, 6.45) is 2.04. The third-order valence-electron chi connectivity index (χ3n) is 4.62. The highest BCUT2D eigenvalue weighted by Gasteiger charge is 2.25. The maximum absolute atomic E-state index is 13.0. The Hall–Kier alpha value is -2.57. The van der Waals surface area contributed by atoms with Crippen molar-refractivity contribution in [2.24, 2.45) is 0 Å². The fourth-order valence-electron chi connectivity index (χ4n) is 3.58. The lowest BCUT2D eigenvalue weighted by atomic mass is 10.1. The number of nitrogens with one attached hydrogen (secondary N) is 1. The highest BCUT2D eigenvalue weighted by atomic mass is 35.5. The summed E-state index contributed by atoms with van der Waals surface area (Å²) in [5.74, 6) is -0.291. The summed E-state index contributed by atoms with van der Waals surface area (Å²) in [4.78, 5) is 19.5. The molecule has 1 N–H and O–H groups in total. The minimum atomic E-state index is -0.291. The average Bonchev–Trinajstić information content (AvgIpc) is 2.97. The predicted octanol–water partition coefficient (Wildman–Crippen LogP) is 3.85. The maximum Gasteiger partial charge on any atom is 0.275 e. The van der Waals surface area contributed by atoms with Crippen molar-refractivity contribution in [3.63, 3.8) is 0 Å². The molecule has 0 aliphatic carbocycles. The van der Waals surface area contributed by atoms with Crippen molar-refractivity contribution in [3.05, 3.63) is 59.5 Å². The van der Waals surface area contributed by atoms with Crippen molar-refractivity contribution in [2.75, 3.05) is 23.3 Å². The first kappa shape index (κ1) is 17.8. The van der Waals surface area contributed by atoms with E-state index in [0.717, 1.165) is 24.5 Å². The highest BCUT2D eigenvalue weighted by molar-refractivity contribution is 6.33. The second-order valence-electron chi connectivity index (χ2n) is 6.81. The molecule has 1 saturated heterocycles. The average molecular weight is 385 g/mol. The van der Waals surface area contributed by atoms with E-state index in [-0.39, 0.29) is 23.3 Å². The van der Waals surface area contributed by atoms with Crippen molar-refractivity contribution in [1.29, 1.82) is 0 Å². The number of halogens is 1. The van der Waals surface area contributed by atoms with Gasteiger partial charge in [-0.2, -0.15) is 0 Å². The van der Waals surface area contributed by atoms with Gasteiger partial charge in [-0.05, 0) is 38.1 Å². The topological polar surface area (TPSA) is 58.9 Å². The Kier molecular flexibility index (Phi) is 4.76. The van der Waals surface area contributed by atoms with Crippen LogP contribution in [0.15, 0.2) is 48.7 Å². The molecular weight excluding hydrogens is 364 g/mol. The van der Waals surface area contributed by atoms with E-state index in [1.54, 1.807) is 10.6 Å². The molecule has 2 unspecified atom stereocenters. The molecule has 3 heterocycles. The number of carbonyl (C=O) groups is 1. The first-order valence-corrected chi connectivity index (χ1v) is 9.34. The van der Waals surface area contributed by atoms with E-state index in [9.17, 15) is 4.79 Å². The van der Waals surface area contributed by atoms with Gasteiger partial charge in [-0.3, -0.25) is 9.20 Å². The molecule has 2 atom stereocenters. The number of para-hydroxylation sites is 2. The van der Waals surface area contributed by atoms with Gasteiger partial charge in [0.2, 0.25) is 0 Å². The molecule has 3 aromatic rings. The van der Waals surface area contributed by atoms with Crippen LogP contribution in [0.2, 0.25) is 5.15 Å². The molecule has 0 radical (unpaired) electrons. The lowest BCUT2D eigenvalue weighted by Gasteiger charge is -2.37. The zero-order valence-electron chi connectivity index (χ0n) is 15.2. The zero-order chi connectivity index (χ0) is 19.0. The largest absolute Gasteiger partial charge is 0.372 e. The molecule has 27 heavy (non-hydrogen) atoms. The van der Waals surface area contributed by atoms with Gasteiger partial charge in [0.1, 0.15) is 5.65 Å². The third kappa shape index (κ3) is 3.50. The number of imidazole rings is 1. The molecular formula is C20H21ClN4O2. The van der Waals surface area contributed by atoms with Gasteiger partial charge >= 0.3 is 0 Å². The fraction of sp³-hybridized carbons (Fsp3) is 0.300. The summed E-state index contributed by atoms with van der Waals surface area (Å²) < 4.78 is 7.52. The molecule has 7 heteroatoms. The van der Waals surface area contributed by atoms with Crippen molar-refractivity contribution >= 4 is 34.5 Å². The van der Waals surface area contributed by atoms with Gasteiger partial charge < -0.3 is 15.0 Å². The summed E-state index contributed by atoms with van der Waals surface area (Å²) in [6.45, 7) is 5.66. The van der Waals surface area contributed by atoms with Crippen LogP contribution in [0.25, 0.3) is 5.65 Å². The van der Waals surface area contributed by atoms with E-state index in [0.29, 0.717) is 11.3 Å². The monoisotopic (exact) mass is 384 g/mol. The summed E-state index contributed by atoms with van der Waals surface area (Å²) in [5.41, 5.74) is 2.67. The van der Waals surface area contributed by atoms with E-state index in [1.165, 1.54) is 0 Å². The van der Waals surface area contributed by atoms with E-state index in [1.807, 2.05) is 42.5 Å². The lowest BCUT2D eigenvalue weighted by Crippen LogP contribution is -2.45. The normalized spacial score (nSPS) is 20.0. The van der Waals surface area contributed by atoms with Crippen LogP contribution in [0.5, 0.6) is 0 Å². The Labute approximate surface area is 162 Å². The van der Waals surface area contributed by atoms with E-state index in [4.69, 9.17) is 16.3 Å². The number of amides is 1. The molecule has 4 rings (SSSR count). The molecule has 0 saturated carbocycles. The second-order valence-corrected chi connectivity index (χ2v) is 7.17. The van der Waals surface area contributed by atoms with Crippen LogP contribution in [0.4, 0.5) is 11.4 Å². The molecule has 0 spiro atoms. The number of hydrogen-bond donors (Lipinski definition) is 1. The van der Waals surface area contributed by atoms with Gasteiger partial charge in [0.05, 0.1) is 23.6 Å². The minimum absolute atomic E-state index is 0.130. The number of hydrogen-bond acceptors (Lipinski definition) is 4. The van der Waals surface area contributed by atoms with Crippen LogP contribution in [-0.2, 0) is 4.74 Å². The van der Waals surface area contributed by atoms with E-state index >= 15 is 0 Å². The first-order valence-electron chi connectivity index (χ1n) is 8.96.